The summed E-state index contributed by atoms with van der Waals surface area (Å²) < 4.78 is 5.09. The quantitative estimate of drug-likeness (QED) is 0.333. The third-order valence-corrected chi connectivity index (χ3v) is 4.29. The van der Waals surface area contributed by atoms with Gasteiger partial charge in [0, 0.05) is 17.8 Å². The minimum absolute atomic E-state index is 0.00141. The van der Waals surface area contributed by atoms with E-state index in [1.165, 1.54) is 31.2 Å². The summed E-state index contributed by atoms with van der Waals surface area (Å²) in [4.78, 5) is 34.5. The van der Waals surface area contributed by atoms with Crippen molar-refractivity contribution >= 4 is 40.9 Å². The fourth-order valence-corrected chi connectivity index (χ4v) is 2.63. The molecule has 2 aromatic rings. The Kier molecular flexibility index (Phi) is 6.89. The van der Waals surface area contributed by atoms with Gasteiger partial charge in [-0.3, -0.25) is 14.9 Å². The average Bonchev–Trinajstić information content (AvgIpc) is 2.63. The number of anilines is 1. The molecule has 8 heteroatoms. The number of nitrogens with one attached hydrogen (secondary N) is 1. The maximum Gasteiger partial charge on any atom is 0.331 e. The fraction of sp³-hybridized carbons (Fsp3) is 0.200. The van der Waals surface area contributed by atoms with E-state index in [-0.39, 0.29) is 10.7 Å². The lowest BCUT2D eigenvalue weighted by molar-refractivity contribution is -0.384. The Morgan fingerprint density at radius 3 is 2.46 bits per heavy atom. The van der Waals surface area contributed by atoms with Gasteiger partial charge in [-0.15, -0.1) is 0 Å². The van der Waals surface area contributed by atoms with E-state index in [9.17, 15) is 19.7 Å². The van der Waals surface area contributed by atoms with Crippen LogP contribution in [0.15, 0.2) is 42.5 Å². The van der Waals surface area contributed by atoms with E-state index in [1.54, 1.807) is 0 Å². The summed E-state index contributed by atoms with van der Waals surface area (Å²) in [5.74, 6) is -1.21. The topological polar surface area (TPSA) is 98.5 Å². The van der Waals surface area contributed by atoms with Crippen molar-refractivity contribution in [3.05, 3.63) is 74.3 Å². The summed E-state index contributed by atoms with van der Waals surface area (Å²) in [5.41, 5.74) is 2.62. The molecule has 1 unspecified atom stereocenters. The normalized spacial score (nSPS) is 11.9. The molecule has 1 amide bonds. The molecular formula is C20H19ClN2O5. The van der Waals surface area contributed by atoms with Gasteiger partial charge < -0.3 is 10.1 Å². The SMILES string of the molecule is Cc1cccc(C)c1NC(=O)C(C)OC(=O)/C=C/c1ccc(Cl)c([N+](=O)[O-])c1. The third-order valence-electron chi connectivity index (χ3n) is 3.97. The highest BCUT2D eigenvalue weighted by atomic mass is 35.5. The van der Waals surface area contributed by atoms with Crippen molar-refractivity contribution in [3.8, 4) is 0 Å². The molecule has 2 rings (SSSR count). The van der Waals surface area contributed by atoms with Crippen LogP contribution >= 0.6 is 11.6 Å². The van der Waals surface area contributed by atoms with E-state index in [4.69, 9.17) is 16.3 Å². The number of ether oxygens (including phenoxy) is 1. The van der Waals surface area contributed by atoms with Crippen LogP contribution in [0.5, 0.6) is 0 Å². The van der Waals surface area contributed by atoms with Crippen LogP contribution in [0.2, 0.25) is 5.02 Å². The predicted molar refractivity (Wildman–Crippen MR) is 107 cm³/mol. The number of carbonyl (C=O) groups is 2. The summed E-state index contributed by atoms with van der Waals surface area (Å²) >= 11 is 5.74. The molecule has 0 fully saturated rings. The van der Waals surface area contributed by atoms with Crippen LogP contribution in [0.3, 0.4) is 0 Å². The number of nitro groups is 1. The molecule has 0 spiro atoms. The van der Waals surface area contributed by atoms with Gasteiger partial charge in [-0.2, -0.15) is 0 Å². The summed E-state index contributed by atoms with van der Waals surface area (Å²) in [5, 5.41) is 13.6. The highest BCUT2D eigenvalue weighted by Crippen LogP contribution is 2.25. The van der Waals surface area contributed by atoms with Crippen molar-refractivity contribution in [2.75, 3.05) is 5.32 Å². The van der Waals surface area contributed by atoms with Gasteiger partial charge in [0.1, 0.15) is 5.02 Å². The predicted octanol–water partition coefficient (Wildman–Crippen LogP) is 4.45. The molecule has 0 heterocycles. The van der Waals surface area contributed by atoms with E-state index in [0.29, 0.717) is 11.3 Å². The Bertz CT molecular complexity index is 935. The van der Waals surface area contributed by atoms with Crippen molar-refractivity contribution in [3.63, 3.8) is 0 Å². The van der Waals surface area contributed by atoms with Gasteiger partial charge in [-0.05, 0) is 49.6 Å². The Hall–Kier alpha value is -3.19. The van der Waals surface area contributed by atoms with Crippen molar-refractivity contribution < 1.29 is 19.2 Å². The zero-order valence-corrected chi connectivity index (χ0v) is 16.3. The fourth-order valence-electron chi connectivity index (χ4n) is 2.44. The van der Waals surface area contributed by atoms with Crippen molar-refractivity contribution in [2.24, 2.45) is 0 Å². The van der Waals surface area contributed by atoms with E-state index in [1.807, 2.05) is 32.0 Å². The van der Waals surface area contributed by atoms with E-state index >= 15 is 0 Å². The Labute approximate surface area is 167 Å². The molecule has 146 valence electrons. The zero-order chi connectivity index (χ0) is 20.8. The highest BCUT2D eigenvalue weighted by molar-refractivity contribution is 6.32. The molecule has 0 bridgehead atoms. The largest absolute Gasteiger partial charge is 0.449 e. The van der Waals surface area contributed by atoms with Gasteiger partial charge in [0.2, 0.25) is 0 Å². The van der Waals surface area contributed by atoms with Gasteiger partial charge in [0.25, 0.3) is 11.6 Å². The molecule has 2 aromatic carbocycles. The first-order valence-electron chi connectivity index (χ1n) is 8.38. The standard InChI is InChI=1S/C20H19ClN2O5/c1-12-5-4-6-13(2)19(12)22-20(25)14(3)28-18(24)10-8-15-7-9-16(21)17(11-15)23(26)27/h4-11,14H,1-3H3,(H,22,25)/b10-8+. The molecule has 0 saturated heterocycles. The number of carbonyl (C=O) groups excluding carboxylic acids is 2. The monoisotopic (exact) mass is 402 g/mol. The number of halogens is 1. The lowest BCUT2D eigenvalue weighted by Crippen LogP contribution is -2.30. The maximum atomic E-state index is 12.3. The first kappa shape index (κ1) is 21.1. The number of rotatable bonds is 6. The molecule has 28 heavy (non-hydrogen) atoms. The number of aryl methyl sites for hydroxylation is 2. The first-order chi connectivity index (χ1) is 13.2. The molecule has 0 saturated carbocycles. The van der Waals surface area contributed by atoms with Crippen LogP contribution < -0.4 is 5.32 Å². The van der Waals surface area contributed by atoms with Gasteiger partial charge >= 0.3 is 5.97 Å². The second-order valence-corrected chi connectivity index (χ2v) is 6.54. The van der Waals surface area contributed by atoms with E-state index < -0.39 is 22.9 Å². The third kappa shape index (κ3) is 5.40. The number of amides is 1. The first-order valence-corrected chi connectivity index (χ1v) is 8.76. The summed E-state index contributed by atoms with van der Waals surface area (Å²) in [7, 11) is 0. The molecule has 0 aliphatic rings. The number of para-hydroxylation sites is 1. The number of nitro benzene ring substituents is 1. The molecule has 0 radical (unpaired) electrons. The van der Waals surface area contributed by atoms with Crippen LogP contribution in [-0.2, 0) is 14.3 Å². The minimum Gasteiger partial charge on any atom is -0.449 e. The Balaban J connectivity index is 2.00. The van der Waals surface area contributed by atoms with Crippen LogP contribution in [0.4, 0.5) is 11.4 Å². The van der Waals surface area contributed by atoms with Crippen LogP contribution in [0.25, 0.3) is 6.08 Å². The van der Waals surface area contributed by atoms with Gasteiger partial charge in [0.15, 0.2) is 6.10 Å². The highest BCUT2D eigenvalue weighted by Gasteiger charge is 2.18. The molecule has 0 aromatic heterocycles. The maximum absolute atomic E-state index is 12.3. The number of hydrogen-bond acceptors (Lipinski definition) is 5. The van der Waals surface area contributed by atoms with E-state index in [2.05, 4.69) is 5.32 Å². The minimum atomic E-state index is -1.02. The van der Waals surface area contributed by atoms with Crippen molar-refractivity contribution in [1.29, 1.82) is 0 Å². The molecule has 1 N–H and O–H groups in total. The molecule has 0 aliphatic carbocycles. The number of nitrogens with zero attached hydrogens (tertiary/aromatic N) is 1. The van der Waals surface area contributed by atoms with Gasteiger partial charge in [-0.25, -0.2) is 4.79 Å². The van der Waals surface area contributed by atoms with Crippen LogP contribution in [-0.4, -0.2) is 22.9 Å². The molecule has 7 nitrogen and oxygen atoms in total. The van der Waals surface area contributed by atoms with Crippen LogP contribution in [0.1, 0.15) is 23.6 Å². The lowest BCUT2D eigenvalue weighted by atomic mass is 10.1. The summed E-state index contributed by atoms with van der Waals surface area (Å²) in [6.07, 6.45) is 1.42. The second kappa shape index (κ2) is 9.14. The second-order valence-electron chi connectivity index (χ2n) is 6.14. The number of hydrogen-bond donors (Lipinski definition) is 1. The zero-order valence-electron chi connectivity index (χ0n) is 15.6. The summed E-state index contributed by atoms with van der Waals surface area (Å²) in [6.45, 7) is 5.20. The van der Waals surface area contributed by atoms with Crippen molar-refractivity contribution in [1.82, 2.24) is 0 Å². The molecule has 1 atom stereocenters. The van der Waals surface area contributed by atoms with Gasteiger partial charge in [-0.1, -0.05) is 35.9 Å². The van der Waals surface area contributed by atoms with Crippen molar-refractivity contribution in [2.45, 2.75) is 26.9 Å². The van der Waals surface area contributed by atoms with Gasteiger partial charge in [0.05, 0.1) is 4.92 Å². The molecular weight excluding hydrogens is 384 g/mol. The number of esters is 1. The molecule has 0 aliphatic heterocycles. The summed E-state index contributed by atoms with van der Waals surface area (Å²) in [6, 6.07) is 9.75. The Morgan fingerprint density at radius 2 is 1.86 bits per heavy atom. The average molecular weight is 403 g/mol. The van der Waals surface area contributed by atoms with E-state index in [0.717, 1.165) is 17.2 Å². The van der Waals surface area contributed by atoms with Crippen LogP contribution in [0, 0.1) is 24.0 Å². The smallest absolute Gasteiger partial charge is 0.331 e. The number of benzene rings is 2. The lowest BCUT2D eigenvalue weighted by Gasteiger charge is -2.15. The Morgan fingerprint density at radius 1 is 1.21 bits per heavy atom.